The number of rotatable bonds is 3. The van der Waals surface area contributed by atoms with Crippen LogP contribution in [0.25, 0.3) is 5.57 Å². The minimum absolute atomic E-state index is 0.124. The fraction of sp³-hybridized carbons (Fsp3) is 0.333. The minimum atomic E-state index is -0.590. The van der Waals surface area contributed by atoms with Gasteiger partial charge in [-0.25, -0.2) is 9.29 Å². The average Bonchev–Trinajstić information content (AvgIpc) is 2.95. The third-order valence-corrected chi connectivity index (χ3v) is 6.26. The number of hydrogen-bond acceptors (Lipinski definition) is 3. The summed E-state index contributed by atoms with van der Waals surface area (Å²) in [5, 5.41) is -0.124. The first-order valence-corrected chi connectivity index (χ1v) is 10.6. The van der Waals surface area contributed by atoms with Gasteiger partial charge in [-0.05, 0) is 61.9 Å². The van der Waals surface area contributed by atoms with Gasteiger partial charge in [0.15, 0.2) is 0 Å². The number of carbonyl (C=O) groups excluding carboxylic acids is 2. The molecule has 30 heavy (non-hydrogen) atoms. The van der Waals surface area contributed by atoms with E-state index in [1.165, 1.54) is 18.2 Å². The Bertz CT molecular complexity index is 1070. The van der Waals surface area contributed by atoms with Crippen LogP contribution in [0.1, 0.15) is 36.5 Å². The van der Waals surface area contributed by atoms with Gasteiger partial charge >= 0.3 is 0 Å². The summed E-state index contributed by atoms with van der Waals surface area (Å²) in [6.07, 6.45) is 1.93. The summed E-state index contributed by atoms with van der Waals surface area (Å²) in [5.41, 5.74) is 3.89. The van der Waals surface area contributed by atoms with E-state index in [0.717, 1.165) is 47.5 Å². The van der Waals surface area contributed by atoms with Crippen molar-refractivity contribution in [3.05, 3.63) is 69.6 Å². The summed E-state index contributed by atoms with van der Waals surface area (Å²) in [5.74, 6) is -0.784. The lowest BCUT2D eigenvalue weighted by molar-refractivity contribution is -0.120. The first-order chi connectivity index (χ1) is 14.3. The van der Waals surface area contributed by atoms with E-state index < -0.39 is 11.7 Å². The lowest BCUT2D eigenvalue weighted by atomic mass is 9.95. The molecule has 0 radical (unpaired) electrons. The fourth-order valence-corrected chi connectivity index (χ4v) is 4.41. The molecule has 0 N–H and O–H groups in total. The Morgan fingerprint density at radius 2 is 1.70 bits per heavy atom. The standard InChI is InChI=1S/C24H24ClFN2O2/c1-14-8-10-27(11-9-14)22-21(18-6-4-15(2)12-16(18)3)23(29)28(24(22)30)17-5-7-20(26)19(25)13-17/h4-7,12-14H,8-11H2,1-3H3. The van der Waals surface area contributed by atoms with Crippen molar-refractivity contribution in [2.45, 2.75) is 33.6 Å². The van der Waals surface area contributed by atoms with Crippen molar-refractivity contribution in [2.24, 2.45) is 5.92 Å². The molecule has 0 saturated carbocycles. The molecule has 4 nitrogen and oxygen atoms in total. The first-order valence-electron chi connectivity index (χ1n) is 10.2. The molecule has 156 valence electrons. The Hall–Kier alpha value is -2.66. The number of hydrogen-bond donors (Lipinski definition) is 0. The highest BCUT2D eigenvalue weighted by atomic mass is 35.5. The highest BCUT2D eigenvalue weighted by Gasteiger charge is 2.43. The summed E-state index contributed by atoms with van der Waals surface area (Å²) >= 11 is 5.94. The van der Waals surface area contributed by atoms with Crippen LogP contribution in [0.2, 0.25) is 5.02 Å². The van der Waals surface area contributed by atoms with Crippen molar-refractivity contribution in [1.82, 2.24) is 4.90 Å². The Kier molecular flexibility index (Phi) is 5.41. The molecule has 0 atom stereocenters. The third kappa shape index (κ3) is 3.52. The van der Waals surface area contributed by atoms with Gasteiger partial charge < -0.3 is 4.90 Å². The summed E-state index contributed by atoms with van der Waals surface area (Å²) in [6.45, 7) is 7.59. The average molecular weight is 427 g/mol. The quantitative estimate of drug-likeness (QED) is 0.640. The number of likely N-dealkylation sites (tertiary alicyclic amines) is 1. The van der Waals surface area contributed by atoms with E-state index in [0.29, 0.717) is 17.2 Å². The van der Waals surface area contributed by atoms with Crippen LogP contribution < -0.4 is 4.90 Å². The van der Waals surface area contributed by atoms with Gasteiger partial charge in [-0.1, -0.05) is 42.3 Å². The molecule has 2 heterocycles. The topological polar surface area (TPSA) is 40.6 Å². The summed E-state index contributed by atoms with van der Waals surface area (Å²) in [6, 6.07) is 9.77. The van der Waals surface area contributed by atoms with E-state index in [2.05, 4.69) is 6.92 Å². The minimum Gasteiger partial charge on any atom is -0.366 e. The smallest absolute Gasteiger partial charge is 0.282 e. The maximum Gasteiger partial charge on any atom is 0.282 e. The molecule has 6 heteroatoms. The first kappa shape index (κ1) is 20.6. The summed E-state index contributed by atoms with van der Waals surface area (Å²) in [7, 11) is 0. The second-order valence-electron chi connectivity index (χ2n) is 8.26. The van der Waals surface area contributed by atoms with Gasteiger partial charge in [0, 0.05) is 13.1 Å². The van der Waals surface area contributed by atoms with Gasteiger partial charge in [0.2, 0.25) is 0 Å². The van der Waals surface area contributed by atoms with Gasteiger partial charge in [-0.15, -0.1) is 0 Å². The highest BCUT2D eigenvalue weighted by molar-refractivity contribution is 6.45. The van der Waals surface area contributed by atoms with Crippen molar-refractivity contribution in [3.8, 4) is 0 Å². The molecule has 1 saturated heterocycles. The van der Waals surface area contributed by atoms with E-state index in [1.54, 1.807) is 0 Å². The fourth-order valence-electron chi connectivity index (χ4n) is 4.24. The molecule has 0 spiro atoms. The van der Waals surface area contributed by atoms with Gasteiger partial charge in [0.25, 0.3) is 11.8 Å². The van der Waals surface area contributed by atoms with Gasteiger partial charge in [-0.3, -0.25) is 9.59 Å². The van der Waals surface area contributed by atoms with Crippen LogP contribution in [0.4, 0.5) is 10.1 Å². The van der Waals surface area contributed by atoms with E-state index >= 15 is 0 Å². The predicted molar refractivity (Wildman–Crippen MR) is 117 cm³/mol. The largest absolute Gasteiger partial charge is 0.366 e. The maximum absolute atomic E-state index is 13.7. The van der Waals surface area contributed by atoms with E-state index in [1.807, 2.05) is 36.9 Å². The third-order valence-electron chi connectivity index (χ3n) is 5.97. The molecule has 4 rings (SSSR count). The maximum atomic E-state index is 13.7. The van der Waals surface area contributed by atoms with E-state index in [-0.39, 0.29) is 16.6 Å². The number of halogens is 2. The number of piperidine rings is 1. The monoisotopic (exact) mass is 426 g/mol. The predicted octanol–water partition coefficient (Wildman–Crippen LogP) is 5.11. The lowest BCUT2D eigenvalue weighted by Crippen LogP contribution is -2.38. The highest BCUT2D eigenvalue weighted by Crippen LogP contribution is 2.38. The number of nitrogens with zero attached hydrogens (tertiary/aromatic N) is 2. The lowest BCUT2D eigenvalue weighted by Gasteiger charge is -2.32. The van der Waals surface area contributed by atoms with E-state index in [4.69, 9.17) is 11.6 Å². The van der Waals surface area contributed by atoms with Crippen LogP contribution in [-0.2, 0) is 9.59 Å². The Labute approximate surface area is 180 Å². The molecule has 2 amide bonds. The van der Waals surface area contributed by atoms with Gasteiger partial charge in [0.05, 0.1) is 16.3 Å². The Morgan fingerprint density at radius 3 is 2.33 bits per heavy atom. The molecule has 1 fully saturated rings. The van der Waals surface area contributed by atoms with Crippen molar-refractivity contribution in [1.29, 1.82) is 0 Å². The van der Waals surface area contributed by atoms with Crippen LogP contribution >= 0.6 is 11.6 Å². The molecule has 2 aliphatic heterocycles. The van der Waals surface area contributed by atoms with Crippen molar-refractivity contribution in [3.63, 3.8) is 0 Å². The SMILES string of the molecule is Cc1ccc(C2=C(N3CCC(C)CC3)C(=O)N(c3ccc(F)c(Cl)c3)C2=O)c(C)c1. The van der Waals surface area contributed by atoms with Gasteiger partial charge in [0.1, 0.15) is 11.5 Å². The number of anilines is 1. The molecular weight excluding hydrogens is 403 g/mol. The molecule has 0 unspecified atom stereocenters. The zero-order valence-electron chi connectivity index (χ0n) is 17.3. The zero-order valence-corrected chi connectivity index (χ0v) is 18.1. The van der Waals surface area contributed by atoms with Crippen molar-refractivity contribution < 1.29 is 14.0 Å². The van der Waals surface area contributed by atoms with Crippen LogP contribution in [0.3, 0.4) is 0 Å². The van der Waals surface area contributed by atoms with Crippen LogP contribution in [0, 0.1) is 25.6 Å². The molecule has 0 bridgehead atoms. The molecule has 0 aromatic heterocycles. The number of benzene rings is 2. The number of imide groups is 1. The molecule has 2 aliphatic rings. The van der Waals surface area contributed by atoms with Crippen LogP contribution in [0.5, 0.6) is 0 Å². The Balaban J connectivity index is 1.85. The number of carbonyl (C=O) groups is 2. The number of aryl methyl sites for hydroxylation is 2. The molecular formula is C24H24ClFN2O2. The molecule has 2 aromatic carbocycles. The van der Waals surface area contributed by atoms with Crippen LogP contribution in [0.15, 0.2) is 42.1 Å². The van der Waals surface area contributed by atoms with Gasteiger partial charge in [-0.2, -0.15) is 0 Å². The molecule has 0 aliphatic carbocycles. The second kappa shape index (κ2) is 7.88. The van der Waals surface area contributed by atoms with Crippen molar-refractivity contribution in [2.75, 3.05) is 18.0 Å². The summed E-state index contributed by atoms with van der Waals surface area (Å²) in [4.78, 5) is 30.2. The second-order valence-corrected chi connectivity index (χ2v) is 8.66. The molecule has 2 aromatic rings. The number of amides is 2. The normalized spacial score (nSPS) is 18.0. The zero-order chi connectivity index (χ0) is 21.6. The van der Waals surface area contributed by atoms with E-state index in [9.17, 15) is 14.0 Å². The van der Waals surface area contributed by atoms with Crippen LogP contribution in [-0.4, -0.2) is 29.8 Å². The Morgan fingerprint density at radius 1 is 1.00 bits per heavy atom. The summed E-state index contributed by atoms with van der Waals surface area (Å²) < 4.78 is 13.7. The van der Waals surface area contributed by atoms with Crippen molar-refractivity contribution >= 4 is 34.7 Å².